The minimum Gasteiger partial charge on any atom is -0.374 e. The number of piperazine rings is 1. The molecule has 2 aromatic rings. The maximum absolute atomic E-state index is 14.0. The zero-order valence-corrected chi connectivity index (χ0v) is 15.0. The predicted molar refractivity (Wildman–Crippen MR) is 91.4 cm³/mol. The third-order valence-corrected chi connectivity index (χ3v) is 4.87. The van der Waals surface area contributed by atoms with Crippen LogP contribution in [-0.4, -0.2) is 53.2 Å². The third kappa shape index (κ3) is 4.23. The highest BCUT2D eigenvalue weighted by molar-refractivity contribution is 5.20. The number of hydrogen-bond donors (Lipinski definition) is 0. The lowest BCUT2D eigenvalue weighted by Gasteiger charge is -2.37. The second-order valence-corrected chi connectivity index (χ2v) is 6.43. The lowest BCUT2D eigenvalue weighted by Crippen LogP contribution is -2.46. The Labute approximate surface area is 147 Å². The highest BCUT2D eigenvalue weighted by Gasteiger charge is 2.25. The summed E-state index contributed by atoms with van der Waals surface area (Å²) in [5, 5.41) is 3.96. The summed E-state index contributed by atoms with van der Waals surface area (Å²) in [6, 6.07) is 7.08. The molecule has 136 valence electrons. The van der Waals surface area contributed by atoms with Crippen LogP contribution in [0.1, 0.15) is 43.3 Å². The monoisotopic (exact) mass is 348 g/mol. The van der Waals surface area contributed by atoms with E-state index in [-0.39, 0.29) is 18.0 Å². The van der Waals surface area contributed by atoms with Crippen LogP contribution in [0.4, 0.5) is 4.39 Å². The molecule has 1 fully saturated rings. The first-order valence-corrected chi connectivity index (χ1v) is 8.64. The average Bonchev–Trinajstić information content (AvgIpc) is 3.10. The van der Waals surface area contributed by atoms with Crippen LogP contribution in [0.25, 0.3) is 0 Å². The van der Waals surface area contributed by atoms with Gasteiger partial charge in [0.05, 0.1) is 6.54 Å². The van der Waals surface area contributed by atoms with Gasteiger partial charge in [-0.15, -0.1) is 0 Å². The van der Waals surface area contributed by atoms with E-state index in [4.69, 9.17) is 9.26 Å². The van der Waals surface area contributed by atoms with E-state index in [9.17, 15) is 4.39 Å². The van der Waals surface area contributed by atoms with E-state index in [0.717, 1.165) is 31.7 Å². The first-order chi connectivity index (χ1) is 12.1. The molecule has 0 N–H and O–H groups in total. The Morgan fingerprint density at radius 3 is 2.60 bits per heavy atom. The molecule has 1 saturated heterocycles. The first-order valence-electron chi connectivity index (χ1n) is 8.64. The van der Waals surface area contributed by atoms with Gasteiger partial charge in [0, 0.05) is 44.9 Å². The zero-order valence-electron chi connectivity index (χ0n) is 15.0. The number of nitrogens with zero attached hydrogens (tertiary/aromatic N) is 4. The SMILES string of the molecule is CO[C@H](C)c1noc(CN2CCN([C@H](C)c3ccccc3F)CC2)n1. The molecule has 1 aliphatic rings. The topological polar surface area (TPSA) is 54.6 Å². The summed E-state index contributed by atoms with van der Waals surface area (Å²) in [5.41, 5.74) is 0.756. The van der Waals surface area contributed by atoms with Crippen molar-refractivity contribution in [2.75, 3.05) is 33.3 Å². The minimum atomic E-state index is -0.170. The van der Waals surface area contributed by atoms with Crippen LogP contribution >= 0.6 is 0 Å². The van der Waals surface area contributed by atoms with E-state index in [1.54, 1.807) is 13.2 Å². The number of hydrogen-bond acceptors (Lipinski definition) is 6. The number of halogens is 1. The molecule has 25 heavy (non-hydrogen) atoms. The lowest BCUT2D eigenvalue weighted by atomic mass is 10.1. The van der Waals surface area contributed by atoms with Crippen molar-refractivity contribution in [3.05, 3.63) is 47.4 Å². The Bertz CT molecular complexity index is 685. The number of rotatable bonds is 6. The first kappa shape index (κ1) is 18.0. The van der Waals surface area contributed by atoms with Crippen molar-refractivity contribution in [3.63, 3.8) is 0 Å². The van der Waals surface area contributed by atoms with Gasteiger partial charge >= 0.3 is 0 Å². The third-order valence-electron chi connectivity index (χ3n) is 4.87. The van der Waals surface area contributed by atoms with Gasteiger partial charge in [-0.1, -0.05) is 23.4 Å². The molecular weight excluding hydrogens is 323 g/mol. The van der Waals surface area contributed by atoms with Crippen molar-refractivity contribution in [1.29, 1.82) is 0 Å². The molecule has 7 heteroatoms. The van der Waals surface area contributed by atoms with E-state index >= 15 is 0 Å². The van der Waals surface area contributed by atoms with Crippen molar-refractivity contribution in [3.8, 4) is 0 Å². The summed E-state index contributed by atoms with van der Waals surface area (Å²) in [6.07, 6.45) is -0.170. The van der Waals surface area contributed by atoms with Crippen molar-refractivity contribution in [2.45, 2.75) is 32.5 Å². The Balaban J connectivity index is 1.53. The highest BCUT2D eigenvalue weighted by Crippen LogP contribution is 2.24. The van der Waals surface area contributed by atoms with Crippen molar-refractivity contribution in [2.24, 2.45) is 0 Å². The number of benzene rings is 1. The molecule has 0 amide bonds. The van der Waals surface area contributed by atoms with Crippen molar-refractivity contribution < 1.29 is 13.7 Å². The van der Waals surface area contributed by atoms with Crippen molar-refractivity contribution >= 4 is 0 Å². The van der Waals surface area contributed by atoms with Crippen LogP contribution in [0.2, 0.25) is 0 Å². The zero-order chi connectivity index (χ0) is 17.8. The summed E-state index contributed by atoms with van der Waals surface area (Å²) in [5.74, 6) is 1.04. The van der Waals surface area contributed by atoms with E-state index in [2.05, 4.69) is 26.9 Å². The fraction of sp³-hybridized carbons (Fsp3) is 0.556. The molecule has 0 spiro atoms. The number of ether oxygens (including phenoxy) is 1. The van der Waals surface area contributed by atoms with Gasteiger partial charge in [0.15, 0.2) is 5.82 Å². The van der Waals surface area contributed by atoms with Crippen LogP contribution in [0, 0.1) is 5.82 Å². The molecular formula is C18H25FN4O2. The molecule has 0 saturated carbocycles. The van der Waals surface area contributed by atoms with Gasteiger partial charge in [0.25, 0.3) is 0 Å². The van der Waals surface area contributed by atoms with Gasteiger partial charge in [0.2, 0.25) is 5.89 Å². The molecule has 3 rings (SSSR count). The molecule has 0 bridgehead atoms. The van der Waals surface area contributed by atoms with Crippen LogP contribution in [-0.2, 0) is 11.3 Å². The normalized spacial score (nSPS) is 19.0. The quantitative estimate of drug-likeness (QED) is 0.800. The maximum Gasteiger partial charge on any atom is 0.240 e. The summed E-state index contributed by atoms with van der Waals surface area (Å²) in [4.78, 5) is 8.96. The molecule has 2 atom stereocenters. The smallest absolute Gasteiger partial charge is 0.240 e. The second kappa shape index (κ2) is 8.03. The van der Waals surface area contributed by atoms with Gasteiger partial charge < -0.3 is 9.26 Å². The van der Waals surface area contributed by atoms with E-state index < -0.39 is 0 Å². The number of aromatic nitrogens is 2. The van der Waals surface area contributed by atoms with E-state index in [0.29, 0.717) is 18.3 Å². The van der Waals surface area contributed by atoms with Gasteiger partial charge in [0.1, 0.15) is 11.9 Å². The highest BCUT2D eigenvalue weighted by atomic mass is 19.1. The largest absolute Gasteiger partial charge is 0.374 e. The summed E-state index contributed by atoms with van der Waals surface area (Å²) in [6.45, 7) is 8.11. The molecule has 2 heterocycles. The Hall–Kier alpha value is -1.83. The molecule has 0 aliphatic carbocycles. The average molecular weight is 348 g/mol. The molecule has 0 radical (unpaired) electrons. The molecule has 1 aliphatic heterocycles. The molecule has 6 nitrogen and oxygen atoms in total. The van der Waals surface area contributed by atoms with Crippen molar-refractivity contribution in [1.82, 2.24) is 19.9 Å². The predicted octanol–water partition coefficient (Wildman–Crippen LogP) is 2.79. The summed E-state index contributed by atoms with van der Waals surface area (Å²) in [7, 11) is 1.62. The molecule has 1 aromatic heterocycles. The molecule has 1 aromatic carbocycles. The van der Waals surface area contributed by atoms with Crippen LogP contribution in [0.3, 0.4) is 0 Å². The Kier molecular flexibility index (Phi) is 5.78. The lowest BCUT2D eigenvalue weighted by molar-refractivity contribution is 0.0892. The Morgan fingerprint density at radius 1 is 1.20 bits per heavy atom. The van der Waals surface area contributed by atoms with E-state index in [1.165, 1.54) is 6.07 Å². The van der Waals surface area contributed by atoms with Gasteiger partial charge in [-0.2, -0.15) is 4.98 Å². The van der Waals surface area contributed by atoms with Gasteiger partial charge in [-0.3, -0.25) is 9.80 Å². The standard InChI is InChI=1S/C18H25FN4O2/c1-13(15-6-4-5-7-16(15)19)23-10-8-22(9-11-23)12-17-20-18(21-25-17)14(2)24-3/h4-7,13-14H,8-12H2,1-3H3/t13-,14-/m1/s1. The minimum absolute atomic E-state index is 0.0703. The Morgan fingerprint density at radius 2 is 1.92 bits per heavy atom. The summed E-state index contributed by atoms with van der Waals surface area (Å²) < 4.78 is 24.5. The van der Waals surface area contributed by atoms with E-state index in [1.807, 2.05) is 19.1 Å². The maximum atomic E-state index is 14.0. The second-order valence-electron chi connectivity index (χ2n) is 6.43. The fourth-order valence-corrected chi connectivity index (χ4v) is 3.11. The number of methoxy groups -OCH3 is 1. The van der Waals surface area contributed by atoms with Gasteiger partial charge in [-0.25, -0.2) is 4.39 Å². The molecule has 0 unspecified atom stereocenters. The summed E-state index contributed by atoms with van der Waals surface area (Å²) >= 11 is 0. The van der Waals surface area contributed by atoms with Crippen LogP contribution in [0.15, 0.2) is 28.8 Å². The fourth-order valence-electron chi connectivity index (χ4n) is 3.11. The van der Waals surface area contributed by atoms with Crippen LogP contribution in [0.5, 0.6) is 0 Å². The van der Waals surface area contributed by atoms with Crippen LogP contribution < -0.4 is 0 Å². The van der Waals surface area contributed by atoms with Gasteiger partial charge in [-0.05, 0) is 19.9 Å².